The molecule has 2 atom stereocenters. The minimum absolute atomic E-state index is 0.0252. The molecule has 0 heterocycles. The Hall–Kier alpha value is -1.40. The molecule has 0 radical (unpaired) electrons. The molecule has 0 fully saturated rings. The number of hydrogen-bond acceptors (Lipinski definition) is 5. The van der Waals surface area contributed by atoms with Gasteiger partial charge in [0, 0.05) is 12.8 Å². The van der Waals surface area contributed by atoms with E-state index in [1.165, 1.54) is 405 Å². The molecule has 2 unspecified atom stereocenters. The Morgan fingerprint density at radius 3 is 0.807 bits per heavy atom. The Morgan fingerprint density at radius 2 is 0.534 bits per heavy atom. The number of aliphatic hydroxyl groups is 2. The third kappa shape index (κ3) is 73.6. The zero-order chi connectivity index (χ0) is 63.5. The summed E-state index contributed by atoms with van der Waals surface area (Å²) in [6, 6.07) is -0.538. The summed E-state index contributed by atoms with van der Waals surface area (Å²) in [6.07, 6.45) is 99.0. The van der Waals surface area contributed by atoms with Crippen LogP contribution in [0, 0.1) is 0 Å². The highest BCUT2D eigenvalue weighted by Crippen LogP contribution is 2.21. The van der Waals surface area contributed by atoms with Gasteiger partial charge in [0.25, 0.3) is 0 Å². The average molecular weight is 1240 g/mol. The van der Waals surface area contributed by atoms with Crippen molar-refractivity contribution in [2.24, 2.45) is 0 Å². The fraction of sp³-hybridized carbons (Fsp3) is 0.951. The molecule has 524 valence electrons. The van der Waals surface area contributed by atoms with E-state index in [-0.39, 0.29) is 18.5 Å². The Balaban J connectivity index is 3.31. The van der Waals surface area contributed by atoms with Crippen LogP contribution in [0.5, 0.6) is 0 Å². The number of rotatable bonds is 78. The van der Waals surface area contributed by atoms with Gasteiger partial charge in [-0.1, -0.05) is 424 Å². The molecular formula is C82H161NO5. The number of nitrogens with one attached hydrogen (secondary N) is 1. The van der Waals surface area contributed by atoms with Crippen molar-refractivity contribution in [1.29, 1.82) is 0 Å². The first-order chi connectivity index (χ1) is 43.5. The normalized spacial score (nSPS) is 12.5. The highest BCUT2D eigenvalue weighted by molar-refractivity contribution is 5.76. The van der Waals surface area contributed by atoms with Gasteiger partial charge in [0.05, 0.1) is 25.4 Å². The van der Waals surface area contributed by atoms with E-state index in [4.69, 9.17) is 4.74 Å². The van der Waals surface area contributed by atoms with Gasteiger partial charge in [-0.15, -0.1) is 0 Å². The van der Waals surface area contributed by atoms with Crippen molar-refractivity contribution in [3.8, 4) is 0 Å². The number of aliphatic hydroxyl groups excluding tert-OH is 2. The molecule has 0 saturated carbocycles. The number of esters is 1. The number of amides is 1. The van der Waals surface area contributed by atoms with Crippen LogP contribution in [0.2, 0.25) is 0 Å². The van der Waals surface area contributed by atoms with Crippen LogP contribution < -0.4 is 5.32 Å². The molecule has 1 amide bonds. The summed E-state index contributed by atoms with van der Waals surface area (Å²) < 4.78 is 5.50. The van der Waals surface area contributed by atoms with Gasteiger partial charge >= 0.3 is 5.97 Å². The maximum atomic E-state index is 12.6. The Bertz CT molecular complexity index is 1340. The number of carbonyl (C=O) groups excluding carboxylic acids is 2. The lowest BCUT2D eigenvalue weighted by molar-refractivity contribution is -0.143. The van der Waals surface area contributed by atoms with Crippen molar-refractivity contribution in [3.05, 3.63) is 12.2 Å². The van der Waals surface area contributed by atoms with Crippen molar-refractivity contribution in [1.82, 2.24) is 5.32 Å². The van der Waals surface area contributed by atoms with Crippen molar-refractivity contribution < 1.29 is 24.5 Å². The van der Waals surface area contributed by atoms with Gasteiger partial charge in [0.15, 0.2) is 0 Å². The Labute approximate surface area is 552 Å². The standard InChI is InChI=1S/C82H161NO5/c1-3-5-7-9-11-13-15-17-18-19-41-44-47-51-54-58-62-66-70-74-80(85)79(78-84)83-81(86)75-71-67-63-59-55-52-48-45-42-39-37-35-33-31-29-27-25-23-21-20-22-24-26-28-30-32-34-36-38-40-43-46-49-53-57-61-65-69-73-77-88-82(87)76-72-68-64-60-56-50-16-14-12-10-8-6-4-2/h20-21,79-80,84-85H,3-19,22-78H2,1-2H3,(H,83,86)/b21-20-. The highest BCUT2D eigenvalue weighted by atomic mass is 16.5. The Kier molecular flexibility index (Phi) is 76.8. The second-order valence-electron chi connectivity index (χ2n) is 28.5. The third-order valence-electron chi connectivity index (χ3n) is 19.6. The highest BCUT2D eigenvalue weighted by Gasteiger charge is 2.20. The predicted molar refractivity (Wildman–Crippen MR) is 389 cm³/mol. The maximum absolute atomic E-state index is 12.6. The zero-order valence-electron chi connectivity index (χ0n) is 60.3. The van der Waals surface area contributed by atoms with Crippen molar-refractivity contribution in [2.45, 2.75) is 488 Å². The molecule has 0 aromatic carbocycles. The van der Waals surface area contributed by atoms with Crippen molar-refractivity contribution >= 4 is 11.9 Å². The van der Waals surface area contributed by atoms with E-state index in [9.17, 15) is 19.8 Å². The largest absolute Gasteiger partial charge is 0.466 e. The van der Waals surface area contributed by atoms with E-state index in [2.05, 4.69) is 31.3 Å². The summed E-state index contributed by atoms with van der Waals surface area (Å²) in [5.41, 5.74) is 0. The fourth-order valence-electron chi connectivity index (χ4n) is 13.3. The van der Waals surface area contributed by atoms with Crippen molar-refractivity contribution in [3.63, 3.8) is 0 Å². The molecule has 6 nitrogen and oxygen atoms in total. The van der Waals surface area contributed by atoms with Crippen LogP contribution in [-0.4, -0.2) is 47.4 Å². The molecule has 0 saturated heterocycles. The topological polar surface area (TPSA) is 95.9 Å². The number of hydrogen-bond donors (Lipinski definition) is 3. The lowest BCUT2D eigenvalue weighted by Gasteiger charge is -2.22. The number of unbranched alkanes of at least 4 members (excludes halogenated alkanes) is 65. The molecule has 0 aromatic rings. The van der Waals surface area contributed by atoms with Crippen LogP contribution in [0.15, 0.2) is 12.2 Å². The Morgan fingerprint density at radius 1 is 0.307 bits per heavy atom. The van der Waals surface area contributed by atoms with Gasteiger partial charge < -0.3 is 20.3 Å². The molecule has 3 N–H and O–H groups in total. The smallest absolute Gasteiger partial charge is 0.305 e. The first-order valence-corrected chi connectivity index (χ1v) is 40.9. The molecule has 6 heteroatoms. The molecule has 0 rings (SSSR count). The van der Waals surface area contributed by atoms with Gasteiger partial charge in [-0.2, -0.15) is 0 Å². The van der Waals surface area contributed by atoms with Crippen LogP contribution in [-0.2, 0) is 14.3 Å². The second kappa shape index (κ2) is 78.0. The van der Waals surface area contributed by atoms with E-state index in [0.29, 0.717) is 25.9 Å². The number of carbonyl (C=O) groups is 2. The van der Waals surface area contributed by atoms with E-state index in [1.807, 2.05) is 0 Å². The summed E-state index contributed by atoms with van der Waals surface area (Å²) in [5, 5.41) is 23.4. The van der Waals surface area contributed by atoms with E-state index >= 15 is 0 Å². The van der Waals surface area contributed by atoms with E-state index < -0.39 is 12.1 Å². The summed E-state index contributed by atoms with van der Waals surface area (Å²) in [6.45, 7) is 5.01. The van der Waals surface area contributed by atoms with Crippen molar-refractivity contribution in [2.75, 3.05) is 13.2 Å². The van der Waals surface area contributed by atoms with Crippen LogP contribution in [0.4, 0.5) is 0 Å². The van der Waals surface area contributed by atoms with E-state index in [0.717, 1.165) is 38.5 Å². The van der Waals surface area contributed by atoms with Gasteiger partial charge in [0.1, 0.15) is 0 Å². The minimum atomic E-state index is -0.661. The predicted octanol–water partition coefficient (Wildman–Crippen LogP) is 27.1. The van der Waals surface area contributed by atoms with Gasteiger partial charge in [-0.25, -0.2) is 0 Å². The summed E-state index contributed by atoms with van der Waals surface area (Å²) in [4.78, 5) is 24.6. The third-order valence-corrected chi connectivity index (χ3v) is 19.6. The summed E-state index contributed by atoms with van der Waals surface area (Å²) in [7, 11) is 0. The van der Waals surface area contributed by atoms with Gasteiger partial charge in [0.2, 0.25) is 5.91 Å². The average Bonchev–Trinajstić information content (AvgIpc) is 3.53. The maximum Gasteiger partial charge on any atom is 0.305 e. The lowest BCUT2D eigenvalue weighted by Crippen LogP contribution is -2.45. The quantitative estimate of drug-likeness (QED) is 0.0320. The summed E-state index contributed by atoms with van der Waals surface area (Å²) >= 11 is 0. The van der Waals surface area contributed by atoms with Crippen LogP contribution in [0.1, 0.15) is 476 Å². The van der Waals surface area contributed by atoms with Gasteiger partial charge in [-0.3, -0.25) is 9.59 Å². The molecule has 0 aliphatic rings. The first kappa shape index (κ1) is 86.6. The molecule has 0 bridgehead atoms. The molecule has 0 spiro atoms. The van der Waals surface area contributed by atoms with Crippen LogP contribution in [0.25, 0.3) is 0 Å². The van der Waals surface area contributed by atoms with E-state index in [1.54, 1.807) is 0 Å². The number of ether oxygens (including phenoxy) is 1. The molecule has 0 aromatic heterocycles. The fourth-order valence-corrected chi connectivity index (χ4v) is 13.3. The molecule has 0 aliphatic carbocycles. The first-order valence-electron chi connectivity index (χ1n) is 40.9. The molecule has 88 heavy (non-hydrogen) atoms. The number of allylic oxidation sites excluding steroid dienone is 2. The van der Waals surface area contributed by atoms with Gasteiger partial charge in [-0.05, 0) is 51.4 Å². The van der Waals surface area contributed by atoms with Crippen LogP contribution in [0.3, 0.4) is 0 Å². The monoisotopic (exact) mass is 1240 g/mol. The minimum Gasteiger partial charge on any atom is -0.466 e. The SMILES string of the molecule is CCCCCCCCCCCCCCCCCCCCCC(O)C(CO)NC(=O)CCCCCCCCCCCCCCCCCCC/C=C\CCCCCCCCCCCCCCCCCCCCOC(=O)CCCCCCCCCCCCCCC. The van der Waals surface area contributed by atoms with Crippen LogP contribution >= 0.6 is 0 Å². The molecular weight excluding hydrogens is 1080 g/mol. The zero-order valence-corrected chi connectivity index (χ0v) is 60.3. The second-order valence-corrected chi connectivity index (χ2v) is 28.5. The lowest BCUT2D eigenvalue weighted by atomic mass is 10.0. The summed E-state index contributed by atoms with van der Waals surface area (Å²) in [5.74, 6) is -0.0000913. The molecule has 0 aliphatic heterocycles.